The Kier molecular flexibility index (Phi) is 2.96. The van der Waals surface area contributed by atoms with E-state index in [0.717, 1.165) is 39.2 Å². The average molecular weight is 294 g/mol. The third kappa shape index (κ3) is 1.98. The number of H-pyrrole nitrogens is 1. The van der Waals surface area contributed by atoms with Gasteiger partial charge in [0.25, 0.3) is 0 Å². The molecule has 110 valence electrons. The number of aromatic nitrogens is 1. The zero-order valence-corrected chi connectivity index (χ0v) is 11.7. The molecule has 0 spiro atoms. The second-order valence-electron chi connectivity index (χ2n) is 5.06. The molecule has 0 unspecified atom stereocenters. The van der Waals surface area contributed by atoms with Gasteiger partial charge in [0.2, 0.25) is 0 Å². The van der Waals surface area contributed by atoms with Gasteiger partial charge in [-0.2, -0.15) is 0 Å². The summed E-state index contributed by atoms with van der Waals surface area (Å²) in [7, 11) is 0. The molecule has 3 aromatic rings. The first-order chi connectivity index (χ1) is 10.9. The highest BCUT2D eigenvalue weighted by molar-refractivity contribution is 6.05. The molecule has 5 nitrogen and oxygen atoms in total. The van der Waals surface area contributed by atoms with Crippen LogP contribution < -0.4 is 9.47 Å². The third-order valence-electron chi connectivity index (χ3n) is 3.76. The fraction of sp³-hybridized carbons (Fsp3) is 0.118. The Hall–Kier alpha value is -2.95. The highest BCUT2D eigenvalue weighted by atomic mass is 16.6. The second-order valence-corrected chi connectivity index (χ2v) is 5.06. The first-order valence-electron chi connectivity index (χ1n) is 7.05. The van der Waals surface area contributed by atoms with Gasteiger partial charge in [-0.15, -0.1) is 0 Å². The van der Waals surface area contributed by atoms with Crippen LogP contribution in [0.3, 0.4) is 0 Å². The van der Waals surface area contributed by atoms with Crippen molar-refractivity contribution in [3.63, 3.8) is 0 Å². The van der Waals surface area contributed by atoms with Gasteiger partial charge in [0, 0.05) is 22.0 Å². The molecule has 0 radical (unpaired) electrons. The van der Waals surface area contributed by atoms with Gasteiger partial charge in [0.05, 0.1) is 11.9 Å². The summed E-state index contributed by atoms with van der Waals surface area (Å²) in [5.41, 5.74) is 3.67. The molecule has 0 aliphatic carbocycles. The molecule has 0 bridgehead atoms. The molecule has 0 atom stereocenters. The van der Waals surface area contributed by atoms with Crippen LogP contribution >= 0.6 is 0 Å². The van der Waals surface area contributed by atoms with Crippen LogP contribution in [0.1, 0.15) is 5.56 Å². The summed E-state index contributed by atoms with van der Waals surface area (Å²) >= 11 is 0. The van der Waals surface area contributed by atoms with Gasteiger partial charge in [-0.1, -0.05) is 23.4 Å². The predicted molar refractivity (Wildman–Crippen MR) is 84.1 cm³/mol. The van der Waals surface area contributed by atoms with Gasteiger partial charge >= 0.3 is 0 Å². The Labute approximate surface area is 126 Å². The zero-order valence-electron chi connectivity index (χ0n) is 11.7. The number of benzene rings is 2. The maximum Gasteiger partial charge on any atom is 0.162 e. The molecule has 2 heterocycles. The smallest absolute Gasteiger partial charge is 0.162 e. The molecule has 2 N–H and O–H groups in total. The lowest BCUT2D eigenvalue weighted by Crippen LogP contribution is -2.15. The quantitative estimate of drug-likeness (QED) is 0.432. The number of fused-ring (bicyclic) bond motifs is 2. The second kappa shape index (κ2) is 5.11. The molecule has 1 aliphatic rings. The van der Waals surface area contributed by atoms with Crippen LogP contribution in [0.4, 0.5) is 0 Å². The topological polar surface area (TPSA) is 66.8 Å². The SMILES string of the molecule is ON=Cc1c(-c2ccc3c(c2)OCCO3)[nH]c2ccccc12. The number of nitrogens with zero attached hydrogens (tertiary/aromatic N) is 1. The molecule has 1 aliphatic heterocycles. The van der Waals surface area contributed by atoms with E-state index in [-0.39, 0.29) is 0 Å². The fourth-order valence-corrected chi connectivity index (χ4v) is 2.78. The standard InChI is InChI=1S/C17H14N2O3/c20-18-10-13-12-3-1-2-4-14(12)19-17(13)11-5-6-15-16(9-11)22-8-7-21-15/h1-6,9-10,19-20H,7-8H2. The summed E-state index contributed by atoms with van der Waals surface area (Å²) in [4.78, 5) is 3.37. The molecule has 0 amide bonds. The van der Waals surface area contributed by atoms with E-state index < -0.39 is 0 Å². The number of nitrogens with one attached hydrogen (secondary N) is 1. The van der Waals surface area contributed by atoms with E-state index in [9.17, 15) is 0 Å². The average Bonchev–Trinajstić information content (AvgIpc) is 2.94. The third-order valence-corrected chi connectivity index (χ3v) is 3.76. The Balaban J connectivity index is 1.92. The van der Waals surface area contributed by atoms with Crippen molar-refractivity contribution in [3.05, 3.63) is 48.0 Å². The number of ether oxygens (including phenoxy) is 2. The monoisotopic (exact) mass is 294 g/mol. The van der Waals surface area contributed by atoms with Crippen LogP contribution in [-0.4, -0.2) is 29.6 Å². The Morgan fingerprint density at radius 3 is 2.73 bits per heavy atom. The van der Waals surface area contributed by atoms with Gasteiger partial charge in [0.1, 0.15) is 13.2 Å². The molecule has 22 heavy (non-hydrogen) atoms. The van der Waals surface area contributed by atoms with Crippen molar-refractivity contribution in [1.29, 1.82) is 0 Å². The lowest BCUT2D eigenvalue weighted by Gasteiger charge is -2.18. The normalized spacial score (nSPS) is 13.8. The number of hydrogen-bond donors (Lipinski definition) is 2. The van der Waals surface area contributed by atoms with E-state index >= 15 is 0 Å². The van der Waals surface area contributed by atoms with Gasteiger partial charge in [0.15, 0.2) is 11.5 Å². The van der Waals surface area contributed by atoms with Crippen LogP contribution in [-0.2, 0) is 0 Å². The molecule has 5 heteroatoms. The van der Waals surface area contributed by atoms with Crippen LogP contribution in [0.5, 0.6) is 11.5 Å². The number of rotatable bonds is 2. The largest absolute Gasteiger partial charge is 0.486 e. The molecule has 4 rings (SSSR count). The minimum Gasteiger partial charge on any atom is -0.486 e. The first-order valence-corrected chi connectivity index (χ1v) is 7.05. The minimum absolute atomic E-state index is 0.550. The lowest BCUT2D eigenvalue weighted by atomic mass is 10.1. The number of para-hydroxylation sites is 1. The molecular weight excluding hydrogens is 280 g/mol. The van der Waals surface area contributed by atoms with E-state index in [1.807, 2.05) is 42.5 Å². The van der Waals surface area contributed by atoms with Crippen molar-refractivity contribution in [1.82, 2.24) is 4.98 Å². The van der Waals surface area contributed by atoms with Crippen molar-refractivity contribution in [3.8, 4) is 22.8 Å². The van der Waals surface area contributed by atoms with Crippen molar-refractivity contribution in [2.75, 3.05) is 13.2 Å². The van der Waals surface area contributed by atoms with Crippen LogP contribution in [0, 0.1) is 0 Å². The van der Waals surface area contributed by atoms with Gasteiger partial charge in [-0.25, -0.2) is 0 Å². The van der Waals surface area contributed by atoms with Crippen LogP contribution in [0.2, 0.25) is 0 Å². The van der Waals surface area contributed by atoms with E-state index in [0.29, 0.717) is 13.2 Å². The number of hydrogen-bond acceptors (Lipinski definition) is 4. The van der Waals surface area contributed by atoms with Crippen LogP contribution in [0.15, 0.2) is 47.6 Å². The van der Waals surface area contributed by atoms with Crippen molar-refractivity contribution < 1.29 is 14.7 Å². The van der Waals surface area contributed by atoms with Crippen molar-refractivity contribution in [2.45, 2.75) is 0 Å². The summed E-state index contributed by atoms with van der Waals surface area (Å²) < 4.78 is 11.2. The summed E-state index contributed by atoms with van der Waals surface area (Å²) in [6.45, 7) is 1.12. The Bertz CT molecular complexity index is 867. The predicted octanol–water partition coefficient (Wildman–Crippen LogP) is 3.41. The molecule has 1 aromatic heterocycles. The van der Waals surface area contributed by atoms with Crippen molar-refractivity contribution >= 4 is 17.1 Å². The maximum atomic E-state index is 8.97. The van der Waals surface area contributed by atoms with E-state index in [1.165, 1.54) is 6.21 Å². The molecule has 0 saturated heterocycles. The van der Waals surface area contributed by atoms with Gasteiger partial charge in [-0.05, 0) is 24.3 Å². The molecule has 0 fully saturated rings. The van der Waals surface area contributed by atoms with Crippen LogP contribution in [0.25, 0.3) is 22.2 Å². The fourth-order valence-electron chi connectivity index (χ4n) is 2.78. The van der Waals surface area contributed by atoms with Gasteiger partial charge in [-0.3, -0.25) is 0 Å². The maximum absolute atomic E-state index is 8.97. The Morgan fingerprint density at radius 1 is 1.05 bits per heavy atom. The van der Waals surface area contributed by atoms with E-state index in [2.05, 4.69) is 10.1 Å². The molecule has 0 saturated carbocycles. The summed E-state index contributed by atoms with van der Waals surface area (Å²) in [5.74, 6) is 1.48. The highest BCUT2D eigenvalue weighted by Gasteiger charge is 2.16. The van der Waals surface area contributed by atoms with Crippen molar-refractivity contribution in [2.24, 2.45) is 5.16 Å². The zero-order chi connectivity index (χ0) is 14.9. The molecular formula is C17H14N2O3. The van der Waals surface area contributed by atoms with Gasteiger partial charge < -0.3 is 19.7 Å². The van der Waals surface area contributed by atoms with E-state index in [1.54, 1.807) is 0 Å². The lowest BCUT2D eigenvalue weighted by molar-refractivity contribution is 0.171. The summed E-state index contributed by atoms with van der Waals surface area (Å²) in [6, 6.07) is 13.7. The minimum atomic E-state index is 0.550. The summed E-state index contributed by atoms with van der Waals surface area (Å²) in [5, 5.41) is 13.2. The highest BCUT2D eigenvalue weighted by Crippen LogP contribution is 2.36. The van der Waals surface area contributed by atoms with E-state index in [4.69, 9.17) is 14.7 Å². The molecule has 2 aromatic carbocycles. The summed E-state index contributed by atoms with van der Waals surface area (Å²) in [6.07, 6.45) is 1.45. The number of aromatic amines is 1. The first kappa shape index (κ1) is 12.8. The number of oxime groups is 1. The Morgan fingerprint density at radius 2 is 1.86 bits per heavy atom.